The van der Waals surface area contributed by atoms with Crippen molar-refractivity contribution in [2.45, 2.75) is 6.54 Å². The topological polar surface area (TPSA) is 64.8 Å². The van der Waals surface area contributed by atoms with Crippen molar-refractivity contribution < 1.29 is 14.4 Å². The summed E-state index contributed by atoms with van der Waals surface area (Å²) in [5, 5.41) is 11.4. The van der Waals surface area contributed by atoms with Crippen molar-refractivity contribution in [1.29, 1.82) is 0 Å². The minimum atomic E-state index is -0.525. The third-order valence-corrected chi connectivity index (χ3v) is 3.99. The molecule has 0 aromatic heterocycles. The normalized spacial score (nSPS) is 15.8. The van der Waals surface area contributed by atoms with E-state index in [0.29, 0.717) is 18.9 Å². The van der Waals surface area contributed by atoms with Crippen LogP contribution in [0.5, 0.6) is 5.75 Å². The van der Waals surface area contributed by atoms with Gasteiger partial charge in [-0.25, -0.2) is 0 Å². The van der Waals surface area contributed by atoms with Gasteiger partial charge in [0.2, 0.25) is 5.75 Å². The van der Waals surface area contributed by atoms with Gasteiger partial charge in [-0.15, -0.1) is 12.4 Å². The van der Waals surface area contributed by atoms with Gasteiger partial charge < -0.3 is 9.47 Å². The van der Waals surface area contributed by atoms with E-state index in [-0.39, 0.29) is 28.9 Å². The molecule has 2 aromatic rings. The van der Waals surface area contributed by atoms with Crippen LogP contribution >= 0.6 is 24.0 Å². The van der Waals surface area contributed by atoms with Crippen molar-refractivity contribution in [1.82, 2.24) is 4.90 Å². The molecular weight excluding hydrogens is 379 g/mol. The summed E-state index contributed by atoms with van der Waals surface area (Å²) in [6.07, 6.45) is 1.42. The Hall–Kier alpha value is -2.28. The maximum absolute atomic E-state index is 11.1. The number of morpholine rings is 1. The lowest BCUT2D eigenvalue weighted by atomic mass is 10.2. The number of ether oxygens (including phenoxy) is 2. The minimum Gasteiger partial charge on any atom is -0.492 e. The maximum atomic E-state index is 11.1. The standard InChI is InChI=1S/C18H17ClN2O4.ClH/c19-15-6-7-18(17(10-15)21(22)23)25-13-16-12-20(8-9-24-16)11-14-4-2-1-3-5-14;/h1-7,10,13H,8-9,11-12H2;1H. The van der Waals surface area contributed by atoms with Crippen LogP contribution in [0, 0.1) is 10.1 Å². The summed E-state index contributed by atoms with van der Waals surface area (Å²) in [7, 11) is 0. The van der Waals surface area contributed by atoms with Crippen molar-refractivity contribution in [3.8, 4) is 5.75 Å². The second-order valence-corrected chi connectivity index (χ2v) is 6.05. The molecule has 0 atom stereocenters. The fourth-order valence-corrected chi connectivity index (χ4v) is 2.73. The number of nitrogens with zero attached hydrogens (tertiary/aromatic N) is 2. The Labute approximate surface area is 162 Å². The third-order valence-electron chi connectivity index (χ3n) is 3.76. The molecule has 26 heavy (non-hydrogen) atoms. The van der Waals surface area contributed by atoms with Crippen LogP contribution in [0.3, 0.4) is 0 Å². The highest BCUT2D eigenvalue weighted by atomic mass is 35.5. The van der Waals surface area contributed by atoms with Crippen molar-refractivity contribution in [2.75, 3.05) is 19.7 Å². The number of hydrogen-bond acceptors (Lipinski definition) is 5. The van der Waals surface area contributed by atoms with Crippen LogP contribution in [0.15, 0.2) is 60.6 Å². The first kappa shape index (κ1) is 20.0. The fourth-order valence-electron chi connectivity index (χ4n) is 2.56. The first-order valence-electron chi connectivity index (χ1n) is 7.80. The van der Waals surface area contributed by atoms with Gasteiger partial charge in [-0.2, -0.15) is 0 Å². The smallest absolute Gasteiger partial charge is 0.313 e. The predicted octanol–water partition coefficient (Wildman–Crippen LogP) is 4.42. The van der Waals surface area contributed by atoms with Gasteiger partial charge in [0.15, 0.2) is 0 Å². The van der Waals surface area contributed by atoms with Crippen LogP contribution < -0.4 is 4.74 Å². The molecule has 0 bridgehead atoms. The molecule has 1 aliphatic rings. The first-order valence-corrected chi connectivity index (χ1v) is 8.18. The zero-order chi connectivity index (χ0) is 17.6. The van der Waals surface area contributed by atoms with Gasteiger partial charge in [-0.05, 0) is 17.7 Å². The number of nitro benzene ring substituents is 1. The lowest BCUT2D eigenvalue weighted by Crippen LogP contribution is -2.34. The molecule has 0 N–H and O–H groups in total. The van der Waals surface area contributed by atoms with Gasteiger partial charge in [0.1, 0.15) is 18.6 Å². The third kappa shape index (κ3) is 5.36. The molecule has 0 aliphatic carbocycles. The van der Waals surface area contributed by atoms with Crippen LogP contribution in [-0.2, 0) is 11.3 Å². The predicted molar refractivity (Wildman–Crippen MR) is 102 cm³/mol. The molecule has 0 amide bonds. The molecular formula is C18H18Cl2N2O4. The highest BCUT2D eigenvalue weighted by Gasteiger charge is 2.18. The van der Waals surface area contributed by atoms with Crippen molar-refractivity contribution in [3.05, 3.63) is 81.3 Å². The highest BCUT2D eigenvalue weighted by Crippen LogP contribution is 2.30. The summed E-state index contributed by atoms with van der Waals surface area (Å²) in [5.74, 6) is 0.761. The van der Waals surface area contributed by atoms with E-state index in [4.69, 9.17) is 21.1 Å². The number of nitro groups is 1. The van der Waals surface area contributed by atoms with Crippen LogP contribution in [0.2, 0.25) is 5.02 Å². The van der Waals surface area contributed by atoms with E-state index in [1.807, 2.05) is 18.2 Å². The van der Waals surface area contributed by atoms with Crippen molar-refractivity contribution in [3.63, 3.8) is 0 Å². The molecule has 138 valence electrons. The largest absolute Gasteiger partial charge is 0.492 e. The zero-order valence-electron chi connectivity index (χ0n) is 13.8. The zero-order valence-corrected chi connectivity index (χ0v) is 15.4. The summed E-state index contributed by atoms with van der Waals surface area (Å²) >= 11 is 5.80. The van der Waals surface area contributed by atoms with Crippen LogP contribution in [-0.4, -0.2) is 29.5 Å². The lowest BCUT2D eigenvalue weighted by Gasteiger charge is -2.28. The van der Waals surface area contributed by atoms with Gasteiger partial charge in [0, 0.05) is 24.2 Å². The Morgan fingerprint density at radius 1 is 1.27 bits per heavy atom. The van der Waals surface area contributed by atoms with Gasteiger partial charge in [0.25, 0.3) is 0 Å². The van der Waals surface area contributed by atoms with Gasteiger partial charge in [-0.1, -0.05) is 41.9 Å². The summed E-state index contributed by atoms with van der Waals surface area (Å²) < 4.78 is 11.1. The van der Waals surface area contributed by atoms with Gasteiger partial charge >= 0.3 is 5.69 Å². The van der Waals surface area contributed by atoms with Crippen LogP contribution in [0.4, 0.5) is 5.69 Å². The van der Waals surface area contributed by atoms with E-state index in [1.165, 1.54) is 24.0 Å². The molecule has 1 saturated heterocycles. The van der Waals surface area contributed by atoms with Crippen LogP contribution in [0.25, 0.3) is 0 Å². The monoisotopic (exact) mass is 396 g/mol. The second-order valence-electron chi connectivity index (χ2n) is 5.62. The summed E-state index contributed by atoms with van der Waals surface area (Å²) in [6, 6.07) is 14.4. The van der Waals surface area contributed by atoms with E-state index in [2.05, 4.69) is 17.0 Å². The van der Waals surface area contributed by atoms with E-state index < -0.39 is 4.92 Å². The summed E-state index contributed by atoms with van der Waals surface area (Å²) in [4.78, 5) is 12.8. The Bertz CT molecular complexity index is 784. The Morgan fingerprint density at radius 2 is 2.04 bits per heavy atom. The minimum absolute atomic E-state index is 0. The SMILES string of the molecule is Cl.O=[N+]([O-])c1cc(Cl)ccc1OC=C1CN(Cc2ccccc2)CCO1. The van der Waals surface area contributed by atoms with E-state index in [1.54, 1.807) is 6.07 Å². The summed E-state index contributed by atoms with van der Waals surface area (Å²) in [6.45, 7) is 2.75. The van der Waals surface area contributed by atoms with E-state index in [9.17, 15) is 10.1 Å². The number of rotatable bonds is 5. The van der Waals surface area contributed by atoms with Crippen LogP contribution in [0.1, 0.15) is 5.56 Å². The van der Waals surface area contributed by atoms with E-state index in [0.717, 1.165) is 13.1 Å². The molecule has 2 aromatic carbocycles. The summed E-state index contributed by atoms with van der Waals surface area (Å²) in [5.41, 5.74) is 1.04. The highest BCUT2D eigenvalue weighted by molar-refractivity contribution is 6.30. The van der Waals surface area contributed by atoms with E-state index >= 15 is 0 Å². The molecule has 0 unspecified atom stereocenters. The fraction of sp³-hybridized carbons (Fsp3) is 0.222. The Morgan fingerprint density at radius 3 is 2.77 bits per heavy atom. The van der Waals surface area contributed by atoms with Gasteiger partial charge in [0.05, 0.1) is 11.5 Å². The molecule has 1 heterocycles. The maximum Gasteiger partial charge on any atom is 0.313 e. The van der Waals surface area contributed by atoms with Gasteiger partial charge in [-0.3, -0.25) is 15.0 Å². The van der Waals surface area contributed by atoms with Crippen molar-refractivity contribution >= 4 is 29.7 Å². The second kappa shape index (κ2) is 9.43. The molecule has 6 nitrogen and oxygen atoms in total. The molecule has 8 heteroatoms. The molecule has 0 saturated carbocycles. The molecule has 0 radical (unpaired) electrons. The molecule has 3 rings (SSSR count). The Kier molecular flexibility index (Phi) is 7.26. The number of halogens is 2. The molecule has 0 spiro atoms. The Balaban J connectivity index is 0.00000243. The quantitative estimate of drug-likeness (QED) is 0.425. The average Bonchev–Trinajstić information content (AvgIpc) is 2.62. The van der Waals surface area contributed by atoms with Crippen molar-refractivity contribution in [2.24, 2.45) is 0 Å². The molecule has 1 fully saturated rings. The average molecular weight is 397 g/mol. The first-order chi connectivity index (χ1) is 12.1. The number of benzene rings is 2. The lowest BCUT2D eigenvalue weighted by molar-refractivity contribution is -0.385. The number of hydrogen-bond donors (Lipinski definition) is 0. The molecule has 1 aliphatic heterocycles.